The minimum Gasteiger partial charge on any atom is -0.373 e. The molecular formula is C16H26O7P+. The summed E-state index contributed by atoms with van der Waals surface area (Å²) in [5.74, 6) is 0. The third kappa shape index (κ3) is 6.64. The standard InChI is InChI=1S/C16H26O7P/c17-24(22-11(5-15-9-20-15)1-3-13-7-18-13)23-12(6-16-10-21-16)2-4-14-8-19-14/h11-16H,1-10H2/q+1. The zero-order valence-electron chi connectivity index (χ0n) is 13.8. The van der Waals surface area contributed by atoms with Gasteiger partial charge in [-0.15, -0.1) is 9.05 Å². The predicted octanol–water partition coefficient (Wildman–Crippen LogP) is 2.35. The lowest BCUT2D eigenvalue weighted by Crippen LogP contribution is -2.17. The molecule has 4 aliphatic rings. The van der Waals surface area contributed by atoms with Gasteiger partial charge in [-0.2, -0.15) is 0 Å². The Morgan fingerprint density at radius 1 is 0.750 bits per heavy atom. The second-order valence-corrected chi connectivity index (χ2v) is 7.99. The minimum atomic E-state index is -2.13. The first-order valence-corrected chi connectivity index (χ1v) is 10.1. The van der Waals surface area contributed by atoms with Gasteiger partial charge in [0.05, 0.1) is 50.8 Å². The Kier molecular flexibility index (Phi) is 5.79. The van der Waals surface area contributed by atoms with E-state index in [1.165, 1.54) is 0 Å². The van der Waals surface area contributed by atoms with Crippen LogP contribution < -0.4 is 0 Å². The number of hydrogen-bond acceptors (Lipinski definition) is 7. The van der Waals surface area contributed by atoms with Gasteiger partial charge < -0.3 is 18.9 Å². The van der Waals surface area contributed by atoms with E-state index in [1.54, 1.807) is 0 Å². The molecular weight excluding hydrogens is 335 g/mol. The molecule has 24 heavy (non-hydrogen) atoms. The first-order chi connectivity index (χ1) is 11.7. The summed E-state index contributed by atoms with van der Waals surface area (Å²) in [7, 11) is -2.13. The van der Waals surface area contributed by atoms with E-state index in [9.17, 15) is 4.57 Å². The van der Waals surface area contributed by atoms with Crippen molar-refractivity contribution in [3.05, 3.63) is 0 Å². The van der Waals surface area contributed by atoms with E-state index in [-0.39, 0.29) is 24.4 Å². The molecule has 7 nitrogen and oxygen atoms in total. The second kappa shape index (κ2) is 8.04. The van der Waals surface area contributed by atoms with Crippen LogP contribution in [-0.2, 0) is 32.6 Å². The maximum absolute atomic E-state index is 12.3. The zero-order chi connectivity index (χ0) is 16.4. The van der Waals surface area contributed by atoms with Crippen molar-refractivity contribution < 1.29 is 32.6 Å². The third-order valence-electron chi connectivity index (χ3n) is 4.75. The molecule has 4 saturated heterocycles. The van der Waals surface area contributed by atoms with Gasteiger partial charge in [0.25, 0.3) is 0 Å². The molecule has 0 aromatic carbocycles. The molecule has 4 heterocycles. The molecule has 6 unspecified atom stereocenters. The van der Waals surface area contributed by atoms with Crippen LogP contribution in [-0.4, -0.2) is 63.1 Å². The highest BCUT2D eigenvalue weighted by Crippen LogP contribution is 2.37. The van der Waals surface area contributed by atoms with Gasteiger partial charge in [-0.1, -0.05) is 0 Å². The van der Waals surface area contributed by atoms with Crippen molar-refractivity contribution in [3.8, 4) is 0 Å². The lowest BCUT2D eigenvalue weighted by Gasteiger charge is -2.11. The molecule has 0 aromatic rings. The Hall–Kier alpha value is -0.140. The van der Waals surface area contributed by atoms with Gasteiger partial charge in [-0.25, -0.2) is 0 Å². The van der Waals surface area contributed by atoms with Crippen LogP contribution in [0.4, 0.5) is 0 Å². The molecule has 0 spiro atoms. The highest BCUT2D eigenvalue weighted by atomic mass is 31.1. The third-order valence-corrected chi connectivity index (χ3v) is 5.69. The topological polar surface area (TPSA) is 85.7 Å². The molecule has 4 rings (SSSR count). The van der Waals surface area contributed by atoms with Crippen molar-refractivity contribution in [1.82, 2.24) is 0 Å². The largest absolute Gasteiger partial charge is 0.697 e. The van der Waals surface area contributed by atoms with E-state index in [4.69, 9.17) is 28.0 Å². The highest BCUT2D eigenvalue weighted by Gasteiger charge is 2.39. The first kappa shape index (κ1) is 17.3. The molecule has 8 heteroatoms. The fourth-order valence-electron chi connectivity index (χ4n) is 2.90. The average molecular weight is 361 g/mol. The first-order valence-electron chi connectivity index (χ1n) is 9.02. The normalized spacial score (nSPS) is 36.1. The van der Waals surface area contributed by atoms with Crippen LogP contribution in [0.3, 0.4) is 0 Å². The van der Waals surface area contributed by atoms with E-state index in [2.05, 4.69) is 0 Å². The van der Waals surface area contributed by atoms with Crippen molar-refractivity contribution in [2.45, 2.75) is 75.1 Å². The Morgan fingerprint density at radius 2 is 1.12 bits per heavy atom. The van der Waals surface area contributed by atoms with Crippen LogP contribution in [0, 0.1) is 0 Å². The van der Waals surface area contributed by atoms with Crippen molar-refractivity contribution in [2.75, 3.05) is 26.4 Å². The van der Waals surface area contributed by atoms with Crippen LogP contribution in [0.15, 0.2) is 0 Å². The molecule has 6 atom stereocenters. The zero-order valence-corrected chi connectivity index (χ0v) is 14.7. The predicted molar refractivity (Wildman–Crippen MR) is 84.0 cm³/mol. The SMILES string of the molecule is O=[P+](OC(CCC1CO1)CC1CO1)OC(CCC1CO1)CC1CO1. The van der Waals surface area contributed by atoms with Crippen LogP contribution in [0.2, 0.25) is 0 Å². The highest BCUT2D eigenvalue weighted by molar-refractivity contribution is 7.33. The monoisotopic (exact) mass is 361 g/mol. The summed E-state index contributed by atoms with van der Waals surface area (Å²) in [4.78, 5) is 0. The summed E-state index contributed by atoms with van der Waals surface area (Å²) in [6.07, 6.45) is 6.15. The molecule has 0 saturated carbocycles. The molecule has 0 bridgehead atoms. The number of hydrogen-bond donors (Lipinski definition) is 0. The molecule has 4 aliphatic heterocycles. The molecule has 0 aromatic heterocycles. The molecule has 0 aliphatic carbocycles. The molecule has 0 amide bonds. The van der Waals surface area contributed by atoms with Gasteiger partial charge in [0.1, 0.15) is 12.2 Å². The lowest BCUT2D eigenvalue weighted by atomic mass is 10.1. The summed E-state index contributed by atoms with van der Waals surface area (Å²) in [6, 6.07) is 0. The van der Waals surface area contributed by atoms with Gasteiger partial charge in [0, 0.05) is 17.4 Å². The summed E-state index contributed by atoms with van der Waals surface area (Å²) in [5.41, 5.74) is 0. The van der Waals surface area contributed by atoms with Crippen LogP contribution in [0.5, 0.6) is 0 Å². The van der Waals surface area contributed by atoms with Gasteiger partial charge in [-0.3, -0.25) is 0 Å². The fourth-order valence-corrected chi connectivity index (χ4v) is 3.82. The number of ether oxygens (including phenoxy) is 4. The van der Waals surface area contributed by atoms with Crippen molar-refractivity contribution in [1.29, 1.82) is 0 Å². The van der Waals surface area contributed by atoms with Crippen LogP contribution in [0.25, 0.3) is 0 Å². The summed E-state index contributed by atoms with van der Waals surface area (Å²) >= 11 is 0. The quantitative estimate of drug-likeness (QED) is 0.347. The Balaban J connectivity index is 1.21. The van der Waals surface area contributed by atoms with Crippen molar-refractivity contribution in [3.63, 3.8) is 0 Å². The van der Waals surface area contributed by atoms with E-state index in [1.807, 2.05) is 0 Å². The smallest absolute Gasteiger partial charge is 0.373 e. The van der Waals surface area contributed by atoms with Crippen molar-refractivity contribution in [2.24, 2.45) is 0 Å². The van der Waals surface area contributed by atoms with Gasteiger partial charge in [0.15, 0.2) is 0 Å². The van der Waals surface area contributed by atoms with E-state index >= 15 is 0 Å². The minimum absolute atomic E-state index is 0.0881. The van der Waals surface area contributed by atoms with Crippen molar-refractivity contribution >= 4 is 8.25 Å². The summed E-state index contributed by atoms with van der Waals surface area (Å²) in [5, 5.41) is 0. The van der Waals surface area contributed by atoms with Crippen LogP contribution >= 0.6 is 8.25 Å². The Labute approximate surface area is 143 Å². The Bertz CT molecular complexity index is 394. The number of rotatable bonds is 14. The molecule has 4 fully saturated rings. The Morgan fingerprint density at radius 3 is 1.46 bits per heavy atom. The van der Waals surface area contributed by atoms with E-state index in [0.29, 0.717) is 12.2 Å². The van der Waals surface area contributed by atoms with E-state index < -0.39 is 8.25 Å². The molecule has 0 radical (unpaired) electrons. The summed E-state index contributed by atoms with van der Waals surface area (Å²) < 4.78 is 44.8. The fraction of sp³-hybridized carbons (Fsp3) is 1.00. The van der Waals surface area contributed by atoms with Gasteiger partial charge >= 0.3 is 8.25 Å². The summed E-state index contributed by atoms with van der Waals surface area (Å²) in [6.45, 7) is 3.23. The van der Waals surface area contributed by atoms with Gasteiger partial charge in [-0.05, 0) is 25.7 Å². The van der Waals surface area contributed by atoms with Gasteiger partial charge in [0.2, 0.25) is 0 Å². The van der Waals surface area contributed by atoms with E-state index in [0.717, 1.165) is 65.0 Å². The number of epoxide rings is 4. The average Bonchev–Trinajstić information content (AvgIpc) is 3.40. The maximum atomic E-state index is 12.3. The maximum Gasteiger partial charge on any atom is 0.697 e. The second-order valence-electron chi connectivity index (χ2n) is 7.13. The molecule has 0 N–H and O–H groups in total. The molecule has 136 valence electrons. The van der Waals surface area contributed by atoms with Crippen LogP contribution in [0.1, 0.15) is 38.5 Å². The lowest BCUT2D eigenvalue weighted by molar-refractivity contribution is 0.0992.